The molecule has 3 aliphatic rings. The second kappa shape index (κ2) is 10.5. The average molecular weight is 476 g/mol. The summed E-state index contributed by atoms with van der Waals surface area (Å²) in [5, 5.41) is 19.5. The molecule has 0 aliphatic heterocycles. The van der Waals surface area contributed by atoms with Crippen molar-refractivity contribution in [3.63, 3.8) is 0 Å². The van der Waals surface area contributed by atoms with Crippen LogP contribution in [0.5, 0.6) is 11.5 Å². The van der Waals surface area contributed by atoms with Crippen LogP contribution in [0.2, 0.25) is 0 Å². The van der Waals surface area contributed by atoms with E-state index in [-0.39, 0.29) is 30.0 Å². The van der Waals surface area contributed by atoms with Gasteiger partial charge in [0, 0.05) is 11.5 Å². The van der Waals surface area contributed by atoms with Gasteiger partial charge < -0.3 is 19.4 Å². The van der Waals surface area contributed by atoms with Crippen molar-refractivity contribution in [2.75, 3.05) is 27.4 Å². The number of hydrogen-bond acceptors (Lipinski definition) is 6. The zero-order valence-electron chi connectivity index (χ0n) is 21.6. The fraction of sp³-hybridized carbons (Fsp3) is 0.704. The molecule has 4 rings (SSSR count). The molecule has 7 nitrogen and oxygen atoms in total. The van der Waals surface area contributed by atoms with E-state index in [1.807, 2.05) is 0 Å². The second-order valence-electron chi connectivity index (χ2n) is 11.0. The van der Waals surface area contributed by atoms with Crippen LogP contribution >= 0.6 is 0 Å². The molecule has 34 heavy (non-hydrogen) atoms. The van der Waals surface area contributed by atoms with Gasteiger partial charge >= 0.3 is 0 Å². The van der Waals surface area contributed by atoms with Gasteiger partial charge in [-0.15, -0.1) is 10.1 Å². The number of aliphatic hydroxyl groups is 1. The molecule has 3 atom stereocenters. The highest BCUT2D eigenvalue weighted by Crippen LogP contribution is 2.65. The van der Waals surface area contributed by atoms with E-state index in [4.69, 9.17) is 9.47 Å². The Hall–Kier alpha value is -2.28. The van der Waals surface area contributed by atoms with Gasteiger partial charge in [0.15, 0.2) is 0 Å². The van der Waals surface area contributed by atoms with Crippen LogP contribution in [0.25, 0.3) is 0 Å². The first kappa shape index (κ1) is 26.3. The molecule has 0 unspecified atom stereocenters. The molecule has 1 N–H and O–H groups in total. The number of aliphatic hydroxyl groups excluding tert-OH is 1. The minimum Gasteiger partial charge on any atom is -0.496 e. The summed E-state index contributed by atoms with van der Waals surface area (Å²) in [5.41, 5.74) is 3.47. The molecule has 3 aliphatic carbocycles. The normalized spacial score (nSPS) is 23.0. The number of allylic oxidation sites excluding steroid dienone is 1. The molecule has 190 valence electrons. The second-order valence-corrected chi connectivity index (χ2v) is 11.0. The number of nitrogens with zero attached hydrogens (tertiary/aromatic N) is 1. The van der Waals surface area contributed by atoms with E-state index in [0.29, 0.717) is 18.3 Å². The number of unbranched alkanes of at least 4 members (excludes halogenated alkanes) is 3. The highest BCUT2D eigenvalue weighted by atomic mass is 16.9. The number of fused-ring (bicyclic) bond motifs is 1. The predicted molar refractivity (Wildman–Crippen MR) is 132 cm³/mol. The van der Waals surface area contributed by atoms with Crippen LogP contribution in [0.1, 0.15) is 83.3 Å². The third-order valence-corrected chi connectivity index (χ3v) is 8.35. The highest BCUT2D eigenvalue weighted by Gasteiger charge is 2.56. The molecule has 0 heterocycles. The molecule has 1 saturated carbocycles. The average Bonchev–Trinajstić information content (AvgIpc) is 2.81. The van der Waals surface area contributed by atoms with E-state index >= 15 is 0 Å². The zero-order valence-corrected chi connectivity index (χ0v) is 21.6. The summed E-state index contributed by atoms with van der Waals surface area (Å²) in [4.78, 5) is 14.6. The van der Waals surface area contributed by atoms with Gasteiger partial charge in [-0.25, -0.2) is 0 Å². The van der Waals surface area contributed by atoms with Crippen molar-refractivity contribution in [2.24, 2.45) is 17.3 Å². The maximum absolute atomic E-state index is 10.2. The van der Waals surface area contributed by atoms with Crippen molar-refractivity contribution in [3.05, 3.63) is 45.0 Å². The van der Waals surface area contributed by atoms with Crippen molar-refractivity contribution >= 4 is 0 Å². The third kappa shape index (κ3) is 5.19. The van der Waals surface area contributed by atoms with Crippen molar-refractivity contribution in [2.45, 2.75) is 77.6 Å². The quantitative estimate of drug-likeness (QED) is 0.167. The van der Waals surface area contributed by atoms with Crippen molar-refractivity contribution in [3.8, 4) is 11.5 Å². The van der Waals surface area contributed by atoms with Crippen LogP contribution in [0.4, 0.5) is 0 Å². The Kier molecular flexibility index (Phi) is 8.17. The van der Waals surface area contributed by atoms with Crippen molar-refractivity contribution in [1.29, 1.82) is 0 Å². The Morgan fingerprint density at radius 2 is 1.74 bits per heavy atom. The molecule has 0 spiro atoms. The molecular weight excluding hydrogens is 434 g/mol. The number of ether oxygens (including phenoxy) is 2. The molecule has 1 aromatic carbocycles. The smallest absolute Gasteiger partial charge is 0.294 e. The number of benzene rings is 1. The van der Waals surface area contributed by atoms with Crippen molar-refractivity contribution < 1.29 is 24.5 Å². The van der Waals surface area contributed by atoms with E-state index in [1.54, 1.807) is 14.2 Å². The highest BCUT2D eigenvalue weighted by molar-refractivity contribution is 5.55. The van der Waals surface area contributed by atoms with Gasteiger partial charge in [-0.1, -0.05) is 53.0 Å². The number of rotatable bonds is 13. The monoisotopic (exact) mass is 475 g/mol. The third-order valence-electron chi connectivity index (χ3n) is 8.35. The Morgan fingerprint density at radius 1 is 1.12 bits per heavy atom. The van der Waals surface area contributed by atoms with E-state index < -0.39 is 5.09 Å². The molecule has 0 radical (unpaired) electrons. The van der Waals surface area contributed by atoms with Crippen LogP contribution in [0.15, 0.2) is 23.8 Å². The van der Waals surface area contributed by atoms with E-state index in [2.05, 4.69) is 50.7 Å². The lowest BCUT2D eigenvalue weighted by atomic mass is 9.45. The lowest BCUT2D eigenvalue weighted by Crippen LogP contribution is -2.51. The first-order chi connectivity index (χ1) is 16.1. The predicted octanol–water partition coefficient (Wildman–Crippen LogP) is 5.82. The molecule has 0 amide bonds. The first-order valence-corrected chi connectivity index (χ1v) is 12.4. The number of methoxy groups -OCH3 is 2. The SMILES string of the molecule is COc1cc(C(C)(C)CCCCCCO[N+](=O)[O-])cc(OC)c1[C@H]1C=C(CO)[C@H]2C[C@@H]1C2(C)C. The summed E-state index contributed by atoms with van der Waals surface area (Å²) < 4.78 is 11.9. The van der Waals surface area contributed by atoms with Crippen LogP contribution in [-0.2, 0) is 10.3 Å². The van der Waals surface area contributed by atoms with E-state index in [1.165, 1.54) is 5.56 Å². The van der Waals surface area contributed by atoms with Gasteiger partial charge in [-0.3, -0.25) is 0 Å². The first-order valence-electron chi connectivity index (χ1n) is 12.4. The molecule has 2 bridgehead atoms. The Bertz CT molecular complexity index is 881. The largest absolute Gasteiger partial charge is 0.496 e. The van der Waals surface area contributed by atoms with Gasteiger partial charge in [0.25, 0.3) is 5.09 Å². The maximum atomic E-state index is 10.2. The fourth-order valence-electron chi connectivity index (χ4n) is 6.07. The van der Waals surface area contributed by atoms with E-state index in [9.17, 15) is 15.2 Å². The standard InChI is InChI=1S/C27H41NO6/c1-26(2,11-9-7-8-10-12-34-28(30)31)19-14-23(32-5)25(24(15-19)33-6)20-13-18(17-29)21-16-22(20)27(21,3)4/h13-15,20-22,29H,7-12,16-17H2,1-6H3/t20-,21+,22-/m0/s1. The van der Waals surface area contributed by atoms with Crippen LogP contribution in [-0.4, -0.2) is 37.6 Å². The van der Waals surface area contributed by atoms with Crippen LogP contribution < -0.4 is 9.47 Å². The summed E-state index contributed by atoms with van der Waals surface area (Å²) in [6.45, 7) is 9.36. The minimum atomic E-state index is -0.731. The van der Waals surface area contributed by atoms with E-state index in [0.717, 1.165) is 54.7 Å². The molecule has 7 heteroatoms. The zero-order chi connectivity index (χ0) is 25.1. The van der Waals surface area contributed by atoms with Gasteiger partial charge in [0.2, 0.25) is 0 Å². The Labute approximate surface area is 203 Å². The summed E-state index contributed by atoms with van der Waals surface area (Å²) in [5.74, 6) is 2.80. The minimum absolute atomic E-state index is 0.0735. The molecular formula is C27H41NO6. The van der Waals surface area contributed by atoms with Gasteiger partial charge in [-0.05, 0) is 65.2 Å². The molecule has 0 aromatic heterocycles. The van der Waals surface area contributed by atoms with Crippen molar-refractivity contribution in [1.82, 2.24) is 0 Å². The summed E-state index contributed by atoms with van der Waals surface area (Å²) >= 11 is 0. The summed E-state index contributed by atoms with van der Waals surface area (Å²) in [6, 6.07) is 4.32. The van der Waals surface area contributed by atoms with Gasteiger partial charge in [0.05, 0.1) is 27.4 Å². The molecule has 1 fully saturated rings. The van der Waals surface area contributed by atoms with Gasteiger partial charge in [-0.2, -0.15) is 0 Å². The number of hydrogen-bond donors (Lipinski definition) is 1. The van der Waals surface area contributed by atoms with Crippen LogP contribution in [0, 0.1) is 27.4 Å². The van der Waals surface area contributed by atoms with Crippen LogP contribution in [0.3, 0.4) is 0 Å². The fourth-order valence-corrected chi connectivity index (χ4v) is 6.07. The molecule has 0 saturated heterocycles. The lowest BCUT2D eigenvalue weighted by Gasteiger charge is -2.59. The topological polar surface area (TPSA) is 91.1 Å². The molecule has 1 aromatic rings. The van der Waals surface area contributed by atoms with Gasteiger partial charge in [0.1, 0.15) is 11.5 Å². The maximum Gasteiger partial charge on any atom is 0.294 e. The summed E-state index contributed by atoms with van der Waals surface area (Å²) in [6.07, 6.45) is 7.97. The lowest BCUT2D eigenvalue weighted by molar-refractivity contribution is -0.757. The Balaban J connectivity index is 1.78. The summed E-state index contributed by atoms with van der Waals surface area (Å²) in [7, 11) is 3.44. The Morgan fingerprint density at radius 3 is 2.26 bits per heavy atom.